The fraction of sp³-hybridized carbons (Fsp3) is 0.750. The van der Waals surface area contributed by atoms with Gasteiger partial charge >= 0.3 is 5.97 Å². The third-order valence-corrected chi connectivity index (χ3v) is 8.64. The zero-order valence-electron chi connectivity index (χ0n) is 15.6. The molecule has 1 unspecified atom stereocenters. The van der Waals surface area contributed by atoms with Crippen molar-refractivity contribution >= 4 is 42.5 Å². The van der Waals surface area contributed by atoms with Crippen molar-refractivity contribution in [2.45, 2.75) is 58.7 Å². The molecule has 1 saturated heterocycles. The van der Waals surface area contributed by atoms with Crippen molar-refractivity contribution in [3.8, 4) is 0 Å². The molecule has 0 aromatic rings. The molecular formula is C16H27NO4S2Si. The van der Waals surface area contributed by atoms with Crippen LogP contribution in [0.1, 0.15) is 34.6 Å². The van der Waals surface area contributed by atoms with Gasteiger partial charge in [0.1, 0.15) is 11.1 Å². The number of methoxy groups -OCH3 is 1. The Labute approximate surface area is 154 Å². The van der Waals surface area contributed by atoms with Crippen LogP contribution in [0.2, 0.25) is 13.1 Å². The van der Waals surface area contributed by atoms with E-state index in [4.69, 9.17) is 9.16 Å². The lowest BCUT2D eigenvalue weighted by atomic mass is 9.66. The summed E-state index contributed by atoms with van der Waals surface area (Å²) in [6.45, 7) is 14.5. The summed E-state index contributed by atoms with van der Waals surface area (Å²) in [4.78, 5) is 27.6. The number of carbonyl (C=O) groups excluding carboxylic acids is 2. The molecule has 0 radical (unpaired) electrons. The predicted octanol–water partition coefficient (Wildman–Crippen LogP) is 3.38. The Kier molecular flexibility index (Phi) is 5.55. The largest absolute Gasteiger partial charge is 0.464 e. The van der Waals surface area contributed by atoms with E-state index in [1.54, 1.807) is 26.5 Å². The molecule has 136 valence electrons. The maximum absolute atomic E-state index is 13.0. The van der Waals surface area contributed by atoms with E-state index in [0.717, 1.165) is 4.91 Å². The molecule has 0 bridgehead atoms. The summed E-state index contributed by atoms with van der Waals surface area (Å²) in [7, 11) is 3.16. The van der Waals surface area contributed by atoms with Crippen molar-refractivity contribution in [3.05, 3.63) is 10.6 Å². The number of fused-ring (bicyclic) bond motifs is 1. The lowest BCUT2D eigenvalue weighted by Gasteiger charge is -2.59. The Balaban J connectivity index is 2.40. The van der Waals surface area contributed by atoms with E-state index in [9.17, 15) is 9.59 Å². The number of carbonyl (C=O) groups is 2. The number of hydrogen-bond acceptors (Lipinski definition) is 6. The number of hydrogen-bond donors (Lipinski definition) is 0. The number of nitrogens with zero attached hydrogens (tertiary/aromatic N) is 1. The number of ether oxygens (including phenoxy) is 1. The zero-order valence-corrected chi connectivity index (χ0v) is 18.4. The fourth-order valence-electron chi connectivity index (χ4n) is 3.18. The summed E-state index contributed by atoms with van der Waals surface area (Å²) in [5.41, 5.74) is -0.375. The number of β-lactam (4-membered cyclic amide) rings is 1. The Morgan fingerprint density at radius 3 is 2.29 bits per heavy atom. The van der Waals surface area contributed by atoms with E-state index in [1.807, 2.05) is 13.8 Å². The predicted molar refractivity (Wildman–Crippen MR) is 102 cm³/mol. The summed E-state index contributed by atoms with van der Waals surface area (Å²) in [5, 5.41) is -0.0997. The molecule has 1 amide bonds. The van der Waals surface area contributed by atoms with Crippen LogP contribution in [0.25, 0.3) is 0 Å². The Hall–Kier alpha value is -0.443. The highest BCUT2D eigenvalue weighted by Gasteiger charge is 2.64. The van der Waals surface area contributed by atoms with Gasteiger partial charge in [-0.1, -0.05) is 42.4 Å². The Morgan fingerprint density at radius 1 is 1.25 bits per heavy atom. The molecular weight excluding hydrogens is 362 g/mol. The van der Waals surface area contributed by atoms with Crippen LogP contribution in [-0.4, -0.2) is 43.9 Å². The lowest BCUT2D eigenvalue weighted by molar-refractivity contribution is -0.174. The first-order chi connectivity index (χ1) is 11.0. The molecule has 3 atom stereocenters. The SMILES string of the molecule is COC(=O)C1=C(C)SS[C@@H]2[C@@H](C(C)(O[SiH](C)C)C(C)(C)C)C(=O)N12. The molecule has 0 N–H and O–H groups in total. The van der Waals surface area contributed by atoms with Crippen LogP contribution < -0.4 is 0 Å². The maximum atomic E-state index is 13.0. The van der Waals surface area contributed by atoms with Gasteiger partial charge in [-0.25, -0.2) is 4.79 Å². The molecule has 2 aliphatic rings. The van der Waals surface area contributed by atoms with Gasteiger partial charge in [0.25, 0.3) is 0 Å². The van der Waals surface area contributed by atoms with Crippen molar-refractivity contribution in [2.75, 3.05) is 7.11 Å². The number of rotatable bonds is 4. The van der Waals surface area contributed by atoms with Crippen molar-refractivity contribution < 1.29 is 18.8 Å². The minimum absolute atomic E-state index is 0.0420. The highest BCUT2D eigenvalue weighted by molar-refractivity contribution is 8.78. The topological polar surface area (TPSA) is 55.8 Å². The van der Waals surface area contributed by atoms with Gasteiger partial charge in [0, 0.05) is 4.91 Å². The van der Waals surface area contributed by atoms with Crippen LogP contribution in [0, 0.1) is 11.3 Å². The molecule has 24 heavy (non-hydrogen) atoms. The first-order valence-electron chi connectivity index (χ1n) is 8.09. The molecule has 1 fully saturated rings. The van der Waals surface area contributed by atoms with Gasteiger partial charge in [-0.15, -0.1) is 0 Å². The van der Waals surface area contributed by atoms with Gasteiger partial charge in [0.05, 0.1) is 18.6 Å². The van der Waals surface area contributed by atoms with Crippen LogP contribution in [0.4, 0.5) is 0 Å². The van der Waals surface area contributed by atoms with Gasteiger partial charge in [0.2, 0.25) is 5.91 Å². The Bertz CT molecular complexity index is 587. The zero-order chi connectivity index (χ0) is 18.4. The summed E-state index contributed by atoms with van der Waals surface area (Å²) < 4.78 is 11.3. The van der Waals surface area contributed by atoms with Crippen molar-refractivity contribution in [3.63, 3.8) is 0 Å². The molecule has 2 aliphatic heterocycles. The summed E-state index contributed by atoms with van der Waals surface area (Å²) in [6.07, 6.45) is 0. The average Bonchev–Trinajstić information content (AvgIpc) is 2.44. The Morgan fingerprint density at radius 2 is 1.83 bits per heavy atom. The van der Waals surface area contributed by atoms with E-state index in [0.29, 0.717) is 5.70 Å². The van der Waals surface area contributed by atoms with Crippen molar-refractivity contribution in [2.24, 2.45) is 11.3 Å². The number of esters is 1. The summed E-state index contributed by atoms with van der Waals surface area (Å²) in [5.74, 6) is -0.758. The van der Waals surface area contributed by atoms with Gasteiger partial charge in [-0.3, -0.25) is 9.69 Å². The molecule has 0 saturated carbocycles. The second-order valence-electron chi connectivity index (χ2n) is 7.68. The van der Waals surface area contributed by atoms with E-state index >= 15 is 0 Å². The average molecular weight is 390 g/mol. The van der Waals surface area contributed by atoms with Gasteiger partial charge in [0.15, 0.2) is 9.04 Å². The first kappa shape index (κ1) is 19.9. The fourth-order valence-corrected chi connectivity index (χ4v) is 7.51. The van der Waals surface area contributed by atoms with Crippen LogP contribution in [0.15, 0.2) is 10.6 Å². The lowest BCUT2D eigenvalue weighted by Crippen LogP contribution is -2.71. The molecule has 2 rings (SSSR count). The third kappa shape index (κ3) is 3.06. The monoisotopic (exact) mass is 389 g/mol. The molecule has 0 aliphatic carbocycles. The standard InChI is InChI=1S/C16H27NO4S2Si/c1-9-11(14(19)20-6)17-12(18)10(13(17)23-22-9)16(5,15(2,3)4)21-24(7)8/h10,13,24H,1-8H3/t10-,13+,16?/m0/s1. The van der Waals surface area contributed by atoms with Crippen LogP contribution in [0.3, 0.4) is 0 Å². The molecule has 0 spiro atoms. The minimum atomic E-state index is -1.35. The highest BCUT2D eigenvalue weighted by Crippen LogP contribution is 2.58. The number of amides is 1. The third-order valence-electron chi connectivity index (χ3n) is 4.83. The maximum Gasteiger partial charge on any atom is 0.355 e. The van der Waals surface area contributed by atoms with E-state index in [1.165, 1.54) is 7.11 Å². The van der Waals surface area contributed by atoms with E-state index in [-0.39, 0.29) is 22.6 Å². The van der Waals surface area contributed by atoms with Crippen LogP contribution in [0.5, 0.6) is 0 Å². The number of allylic oxidation sites excluding steroid dienone is 1. The van der Waals surface area contributed by atoms with E-state index in [2.05, 4.69) is 33.9 Å². The van der Waals surface area contributed by atoms with Crippen LogP contribution in [-0.2, 0) is 18.8 Å². The molecule has 0 aromatic carbocycles. The van der Waals surface area contributed by atoms with Crippen molar-refractivity contribution in [1.29, 1.82) is 0 Å². The summed E-state index contributed by atoms with van der Waals surface area (Å²) in [6, 6.07) is 0. The van der Waals surface area contributed by atoms with Gasteiger partial charge in [-0.05, 0) is 32.4 Å². The smallest absolute Gasteiger partial charge is 0.355 e. The molecule has 5 nitrogen and oxygen atoms in total. The van der Waals surface area contributed by atoms with E-state index < -0.39 is 20.6 Å². The molecule has 2 heterocycles. The van der Waals surface area contributed by atoms with Crippen LogP contribution >= 0.6 is 21.6 Å². The normalized spacial score (nSPS) is 26.9. The van der Waals surface area contributed by atoms with Gasteiger partial charge in [-0.2, -0.15) is 0 Å². The van der Waals surface area contributed by atoms with Crippen molar-refractivity contribution in [1.82, 2.24) is 4.90 Å². The first-order valence-corrected chi connectivity index (χ1v) is 13.1. The second-order valence-corrected chi connectivity index (χ2v) is 12.5. The summed E-state index contributed by atoms with van der Waals surface area (Å²) >= 11 is 0. The van der Waals surface area contributed by atoms with Gasteiger partial charge < -0.3 is 9.16 Å². The second kappa shape index (κ2) is 6.70. The quantitative estimate of drug-likeness (QED) is 0.318. The molecule has 8 heteroatoms. The minimum Gasteiger partial charge on any atom is -0.464 e. The molecule has 0 aromatic heterocycles. The highest BCUT2D eigenvalue weighted by atomic mass is 33.1.